The Kier molecular flexibility index (Phi) is 3.67. The molecule has 1 heterocycles. The van der Waals surface area contributed by atoms with Crippen LogP contribution < -0.4 is 5.32 Å². The van der Waals surface area contributed by atoms with Gasteiger partial charge >= 0.3 is 5.88 Å². The van der Waals surface area contributed by atoms with Gasteiger partial charge in [-0.15, -0.1) is 6.42 Å². The Labute approximate surface area is 91.8 Å². The van der Waals surface area contributed by atoms with E-state index in [0.717, 1.165) is 6.07 Å². The van der Waals surface area contributed by atoms with Crippen LogP contribution in [0.5, 0.6) is 0 Å². The summed E-state index contributed by atoms with van der Waals surface area (Å²) in [6.07, 6.45) is 5.73. The molecule has 1 amide bonds. The van der Waals surface area contributed by atoms with Crippen LogP contribution in [-0.2, 0) is 0 Å². The molecular formula is C10H10N2O4. The van der Waals surface area contributed by atoms with Crippen LogP contribution in [0.4, 0.5) is 5.88 Å². The molecule has 0 aliphatic heterocycles. The van der Waals surface area contributed by atoms with E-state index in [0.29, 0.717) is 6.42 Å². The molecule has 1 rings (SSSR count). The third-order valence-electron chi connectivity index (χ3n) is 1.91. The van der Waals surface area contributed by atoms with Gasteiger partial charge in [-0.2, -0.15) is 0 Å². The number of nitrogens with zero attached hydrogens (tertiary/aromatic N) is 1. The second-order valence-electron chi connectivity index (χ2n) is 3.00. The molecule has 1 aromatic rings. The summed E-state index contributed by atoms with van der Waals surface area (Å²) in [7, 11) is 0. The van der Waals surface area contributed by atoms with Gasteiger partial charge in [-0.1, -0.05) is 12.8 Å². The maximum absolute atomic E-state index is 11.5. The van der Waals surface area contributed by atoms with E-state index in [1.54, 1.807) is 0 Å². The van der Waals surface area contributed by atoms with E-state index in [4.69, 9.17) is 10.8 Å². The lowest BCUT2D eigenvalue weighted by molar-refractivity contribution is -0.402. The summed E-state index contributed by atoms with van der Waals surface area (Å²) in [5, 5.41) is 12.8. The van der Waals surface area contributed by atoms with Gasteiger partial charge < -0.3 is 9.73 Å². The predicted octanol–water partition coefficient (Wildman–Crippen LogP) is 1.33. The van der Waals surface area contributed by atoms with Crippen molar-refractivity contribution >= 4 is 11.8 Å². The summed E-state index contributed by atoms with van der Waals surface area (Å²) in [4.78, 5) is 21.1. The average Bonchev–Trinajstić information content (AvgIpc) is 2.74. The van der Waals surface area contributed by atoms with Crippen LogP contribution in [0.2, 0.25) is 0 Å². The smallest absolute Gasteiger partial charge is 0.395 e. The van der Waals surface area contributed by atoms with E-state index in [2.05, 4.69) is 11.2 Å². The Morgan fingerprint density at radius 1 is 1.75 bits per heavy atom. The van der Waals surface area contributed by atoms with Gasteiger partial charge in [0.05, 0.1) is 12.1 Å². The van der Waals surface area contributed by atoms with Crippen LogP contribution in [0, 0.1) is 22.5 Å². The molecule has 1 unspecified atom stereocenters. The van der Waals surface area contributed by atoms with E-state index in [9.17, 15) is 14.9 Å². The van der Waals surface area contributed by atoms with Gasteiger partial charge in [0.25, 0.3) is 5.91 Å². The molecule has 1 aromatic heterocycles. The number of hydrogen-bond acceptors (Lipinski definition) is 4. The van der Waals surface area contributed by atoms with E-state index < -0.39 is 22.8 Å². The maximum Gasteiger partial charge on any atom is 0.433 e. The van der Waals surface area contributed by atoms with Crippen LogP contribution in [0.3, 0.4) is 0 Å². The van der Waals surface area contributed by atoms with Gasteiger partial charge in [-0.25, -0.2) is 0 Å². The van der Waals surface area contributed by atoms with Gasteiger partial charge in [-0.3, -0.25) is 14.9 Å². The topological polar surface area (TPSA) is 85.4 Å². The summed E-state index contributed by atoms with van der Waals surface area (Å²) < 4.78 is 4.72. The Bertz CT molecular complexity index is 444. The summed E-state index contributed by atoms with van der Waals surface area (Å²) in [6, 6.07) is 1.94. The number of amides is 1. The van der Waals surface area contributed by atoms with Crippen molar-refractivity contribution in [3.8, 4) is 12.3 Å². The normalized spacial score (nSPS) is 11.5. The van der Waals surface area contributed by atoms with Gasteiger partial charge in [0.2, 0.25) is 0 Å². The van der Waals surface area contributed by atoms with Crippen molar-refractivity contribution in [2.45, 2.75) is 19.4 Å². The molecule has 0 aromatic carbocycles. The lowest BCUT2D eigenvalue weighted by Gasteiger charge is -2.08. The molecule has 0 fully saturated rings. The minimum absolute atomic E-state index is 0.125. The van der Waals surface area contributed by atoms with Gasteiger partial charge in [0, 0.05) is 0 Å². The van der Waals surface area contributed by atoms with E-state index in [1.165, 1.54) is 6.07 Å². The number of rotatable bonds is 4. The zero-order chi connectivity index (χ0) is 12.1. The molecule has 1 atom stereocenters. The fraction of sp³-hybridized carbons (Fsp3) is 0.300. The van der Waals surface area contributed by atoms with Crippen molar-refractivity contribution in [3.05, 3.63) is 28.0 Å². The Morgan fingerprint density at radius 2 is 2.44 bits per heavy atom. The Hall–Kier alpha value is -2.29. The monoisotopic (exact) mass is 222 g/mol. The fourth-order valence-electron chi connectivity index (χ4n) is 1.04. The number of carbonyl (C=O) groups is 1. The third kappa shape index (κ3) is 2.60. The van der Waals surface area contributed by atoms with Crippen LogP contribution in [-0.4, -0.2) is 16.9 Å². The van der Waals surface area contributed by atoms with Gasteiger partial charge in [-0.05, 0) is 12.5 Å². The van der Waals surface area contributed by atoms with Crippen LogP contribution >= 0.6 is 0 Å². The van der Waals surface area contributed by atoms with Gasteiger partial charge in [0.1, 0.15) is 4.92 Å². The van der Waals surface area contributed by atoms with E-state index in [-0.39, 0.29) is 5.76 Å². The van der Waals surface area contributed by atoms with Crippen molar-refractivity contribution in [2.24, 2.45) is 0 Å². The minimum atomic E-state index is -0.713. The second-order valence-corrected chi connectivity index (χ2v) is 3.00. The van der Waals surface area contributed by atoms with Gasteiger partial charge in [0.15, 0.2) is 5.76 Å². The zero-order valence-electron chi connectivity index (χ0n) is 8.60. The second kappa shape index (κ2) is 4.98. The molecule has 0 aliphatic rings. The first-order chi connectivity index (χ1) is 7.58. The predicted molar refractivity (Wildman–Crippen MR) is 55.7 cm³/mol. The molecule has 0 spiro atoms. The van der Waals surface area contributed by atoms with Crippen molar-refractivity contribution in [2.75, 3.05) is 0 Å². The number of nitrogens with one attached hydrogen (secondary N) is 1. The first-order valence-electron chi connectivity index (χ1n) is 4.59. The van der Waals surface area contributed by atoms with Crippen LogP contribution in [0.1, 0.15) is 23.9 Å². The van der Waals surface area contributed by atoms with Crippen LogP contribution in [0.15, 0.2) is 16.5 Å². The SMILES string of the molecule is C#CC(CC)NC(=O)c1ccc([N+](=O)[O-])o1. The molecule has 16 heavy (non-hydrogen) atoms. The Balaban J connectivity index is 2.74. The summed E-state index contributed by atoms with van der Waals surface area (Å²) in [5.74, 6) is 1.22. The van der Waals surface area contributed by atoms with Crippen molar-refractivity contribution in [3.63, 3.8) is 0 Å². The first-order valence-corrected chi connectivity index (χ1v) is 4.59. The minimum Gasteiger partial charge on any atom is -0.395 e. The molecule has 6 nitrogen and oxygen atoms in total. The highest BCUT2D eigenvalue weighted by Crippen LogP contribution is 2.15. The molecular weight excluding hydrogens is 212 g/mol. The molecule has 0 radical (unpaired) electrons. The molecule has 6 heteroatoms. The van der Waals surface area contributed by atoms with Crippen molar-refractivity contribution in [1.29, 1.82) is 0 Å². The quantitative estimate of drug-likeness (QED) is 0.473. The molecule has 84 valence electrons. The fourth-order valence-corrected chi connectivity index (χ4v) is 1.04. The molecule has 0 bridgehead atoms. The standard InChI is InChI=1S/C10H10N2O4/c1-3-7(4-2)11-10(13)8-5-6-9(16-8)12(14)15/h1,5-7H,4H2,2H3,(H,11,13). The third-order valence-corrected chi connectivity index (χ3v) is 1.91. The average molecular weight is 222 g/mol. The number of carbonyl (C=O) groups excluding carboxylic acids is 1. The van der Waals surface area contributed by atoms with Crippen LogP contribution in [0.25, 0.3) is 0 Å². The highest BCUT2D eigenvalue weighted by atomic mass is 16.6. The Morgan fingerprint density at radius 3 is 2.88 bits per heavy atom. The highest BCUT2D eigenvalue weighted by molar-refractivity contribution is 5.92. The molecule has 0 aliphatic carbocycles. The number of hydrogen-bond donors (Lipinski definition) is 1. The molecule has 0 saturated carbocycles. The largest absolute Gasteiger partial charge is 0.433 e. The summed E-state index contributed by atoms with van der Waals surface area (Å²) in [6.45, 7) is 1.81. The number of furan rings is 1. The summed E-state index contributed by atoms with van der Waals surface area (Å²) >= 11 is 0. The maximum atomic E-state index is 11.5. The van der Waals surface area contributed by atoms with Crippen molar-refractivity contribution in [1.82, 2.24) is 5.32 Å². The number of terminal acetylenes is 1. The van der Waals surface area contributed by atoms with E-state index in [1.807, 2.05) is 6.92 Å². The lowest BCUT2D eigenvalue weighted by Crippen LogP contribution is -2.32. The molecule has 0 saturated heterocycles. The summed E-state index contributed by atoms with van der Waals surface area (Å²) in [5.41, 5.74) is 0. The number of nitro groups is 1. The lowest BCUT2D eigenvalue weighted by atomic mass is 10.2. The highest BCUT2D eigenvalue weighted by Gasteiger charge is 2.18. The van der Waals surface area contributed by atoms with E-state index >= 15 is 0 Å². The van der Waals surface area contributed by atoms with Crippen molar-refractivity contribution < 1.29 is 14.1 Å². The first kappa shape index (κ1) is 11.8. The zero-order valence-corrected chi connectivity index (χ0v) is 8.60. The molecule has 1 N–H and O–H groups in total.